The second-order valence-electron chi connectivity index (χ2n) is 5.00. The molecule has 0 aliphatic heterocycles. The number of aromatic nitrogens is 2. The molecular formula is C17H20N2O3. The van der Waals surface area contributed by atoms with Gasteiger partial charge in [-0.1, -0.05) is 12.1 Å². The predicted molar refractivity (Wildman–Crippen MR) is 85.0 cm³/mol. The first-order valence-electron chi connectivity index (χ1n) is 6.94. The largest absolute Gasteiger partial charge is 0.496 e. The van der Waals surface area contributed by atoms with Gasteiger partial charge >= 0.3 is 0 Å². The molecule has 0 fully saturated rings. The minimum absolute atomic E-state index is 0.0767. The van der Waals surface area contributed by atoms with Crippen molar-refractivity contribution in [3.63, 3.8) is 0 Å². The monoisotopic (exact) mass is 300 g/mol. The first kappa shape index (κ1) is 16.0. The van der Waals surface area contributed by atoms with Gasteiger partial charge in [-0.25, -0.2) is 0 Å². The highest BCUT2D eigenvalue weighted by molar-refractivity contribution is 6.05. The van der Waals surface area contributed by atoms with E-state index < -0.39 is 0 Å². The number of aryl methyl sites for hydroxylation is 2. The Morgan fingerprint density at radius 2 is 2.09 bits per heavy atom. The first-order valence-corrected chi connectivity index (χ1v) is 6.94. The van der Waals surface area contributed by atoms with Crippen LogP contribution < -0.4 is 4.74 Å². The quantitative estimate of drug-likeness (QED) is 0.608. The van der Waals surface area contributed by atoms with Gasteiger partial charge in [0.15, 0.2) is 0 Å². The van der Waals surface area contributed by atoms with E-state index in [0.29, 0.717) is 12.3 Å². The number of hydrogen-bond donors (Lipinski definition) is 0. The lowest BCUT2D eigenvalue weighted by atomic mass is 10.1. The molecule has 0 aliphatic carbocycles. The van der Waals surface area contributed by atoms with Gasteiger partial charge in [0.2, 0.25) is 5.78 Å². The van der Waals surface area contributed by atoms with Crippen molar-refractivity contribution in [2.45, 2.75) is 13.5 Å². The Hall–Kier alpha value is -2.40. The molecule has 0 saturated carbocycles. The van der Waals surface area contributed by atoms with E-state index in [1.54, 1.807) is 44.2 Å². The second-order valence-corrected chi connectivity index (χ2v) is 5.00. The van der Waals surface area contributed by atoms with Gasteiger partial charge in [-0.2, -0.15) is 5.10 Å². The Morgan fingerprint density at radius 3 is 2.68 bits per heavy atom. The summed E-state index contributed by atoms with van der Waals surface area (Å²) in [5, 5.41) is 4.18. The van der Waals surface area contributed by atoms with Crippen LogP contribution in [0.25, 0.3) is 6.08 Å². The number of ketones is 1. The molecule has 22 heavy (non-hydrogen) atoms. The zero-order valence-corrected chi connectivity index (χ0v) is 13.3. The van der Waals surface area contributed by atoms with Gasteiger partial charge in [0.25, 0.3) is 0 Å². The SMILES string of the molecule is COCc1cc(/C=C/C(=O)c2cc(C)nn2C)ccc1OC. The normalized spacial score (nSPS) is 11.1. The number of benzene rings is 1. The molecule has 1 heterocycles. The lowest BCUT2D eigenvalue weighted by molar-refractivity contribution is 0.103. The Kier molecular flexibility index (Phi) is 5.12. The van der Waals surface area contributed by atoms with Crippen molar-refractivity contribution in [3.05, 3.63) is 52.9 Å². The summed E-state index contributed by atoms with van der Waals surface area (Å²) in [7, 11) is 5.02. The van der Waals surface area contributed by atoms with Gasteiger partial charge in [0.05, 0.1) is 19.4 Å². The van der Waals surface area contributed by atoms with Crippen LogP contribution >= 0.6 is 0 Å². The van der Waals surface area contributed by atoms with Crippen LogP contribution in [0.5, 0.6) is 5.75 Å². The maximum absolute atomic E-state index is 12.2. The molecule has 0 unspecified atom stereocenters. The zero-order valence-electron chi connectivity index (χ0n) is 13.3. The summed E-state index contributed by atoms with van der Waals surface area (Å²) in [5.74, 6) is 0.694. The van der Waals surface area contributed by atoms with Gasteiger partial charge in [-0.3, -0.25) is 9.48 Å². The van der Waals surface area contributed by atoms with Crippen molar-refractivity contribution in [1.29, 1.82) is 0 Å². The van der Waals surface area contributed by atoms with E-state index in [1.165, 1.54) is 0 Å². The molecule has 5 heteroatoms. The van der Waals surface area contributed by atoms with E-state index in [4.69, 9.17) is 9.47 Å². The summed E-state index contributed by atoms with van der Waals surface area (Å²) in [5.41, 5.74) is 3.25. The van der Waals surface area contributed by atoms with Crippen molar-refractivity contribution in [3.8, 4) is 5.75 Å². The highest BCUT2D eigenvalue weighted by atomic mass is 16.5. The topological polar surface area (TPSA) is 53.3 Å². The number of rotatable bonds is 6. The molecule has 5 nitrogen and oxygen atoms in total. The van der Waals surface area contributed by atoms with Gasteiger partial charge in [0.1, 0.15) is 11.4 Å². The maximum atomic E-state index is 12.2. The van der Waals surface area contributed by atoms with E-state index >= 15 is 0 Å². The molecule has 0 atom stereocenters. The summed E-state index contributed by atoms with van der Waals surface area (Å²) in [4.78, 5) is 12.2. The Bertz CT molecular complexity index is 702. The van der Waals surface area contributed by atoms with Gasteiger partial charge in [0, 0.05) is 19.7 Å². The number of hydrogen-bond acceptors (Lipinski definition) is 4. The molecule has 0 N–H and O–H groups in total. The van der Waals surface area contributed by atoms with Gasteiger partial charge < -0.3 is 9.47 Å². The van der Waals surface area contributed by atoms with Crippen molar-refractivity contribution >= 4 is 11.9 Å². The Morgan fingerprint density at radius 1 is 1.32 bits per heavy atom. The second kappa shape index (κ2) is 7.04. The van der Waals surface area contributed by atoms with Gasteiger partial charge in [-0.05, 0) is 36.8 Å². The van der Waals surface area contributed by atoms with E-state index in [0.717, 1.165) is 22.6 Å². The molecule has 0 radical (unpaired) electrons. The molecule has 0 aliphatic rings. The van der Waals surface area contributed by atoms with Gasteiger partial charge in [-0.15, -0.1) is 0 Å². The highest BCUT2D eigenvalue weighted by Crippen LogP contribution is 2.21. The van der Waals surface area contributed by atoms with Crippen molar-refractivity contribution in [2.75, 3.05) is 14.2 Å². The van der Waals surface area contributed by atoms with Crippen molar-refractivity contribution in [1.82, 2.24) is 9.78 Å². The van der Waals surface area contributed by atoms with Crippen LogP contribution in [0.4, 0.5) is 0 Å². The summed E-state index contributed by atoms with van der Waals surface area (Å²) in [6, 6.07) is 7.49. The molecule has 2 aromatic rings. The number of carbonyl (C=O) groups excluding carboxylic acids is 1. The van der Waals surface area contributed by atoms with Crippen LogP contribution in [0.15, 0.2) is 30.3 Å². The molecule has 2 rings (SSSR count). The van der Waals surface area contributed by atoms with Crippen LogP contribution in [0, 0.1) is 6.92 Å². The summed E-state index contributed by atoms with van der Waals surface area (Å²) < 4.78 is 12.0. The summed E-state index contributed by atoms with van der Waals surface area (Å²) in [6.45, 7) is 2.32. The third-order valence-electron chi connectivity index (χ3n) is 3.29. The lowest BCUT2D eigenvalue weighted by Crippen LogP contribution is -2.03. The highest BCUT2D eigenvalue weighted by Gasteiger charge is 2.09. The Labute approximate surface area is 130 Å². The molecule has 0 bridgehead atoms. The molecular weight excluding hydrogens is 280 g/mol. The fourth-order valence-corrected chi connectivity index (χ4v) is 2.27. The lowest BCUT2D eigenvalue weighted by Gasteiger charge is -2.08. The average Bonchev–Trinajstić information content (AvgIpc) is 2.84. The molecule has 1 aromatic carbocycles. The third-order valence-corrected chi connectivity index (χ3v) is 3.29. The fraction of sp³-hybridized carbons (Fsp3) is 0.294. The number of carbonyl (C=O) groups is 1. The number of ether oxygens (including phenoxy) is 2. The minimum Gasteiger partial charge on any atom is -0.496 e. The van der Waals surface area contributed by atoms with Crippen LogP contribution in [0.1, 0.15) is 27.3 Å². The van der Waals surface area contributed by atoms with E-state index in [2.05, 4.69) is 5.10 Å². The average molecular weight is 300 g/mol. The number of nitrogens with zero attached hydrogens (tertiary/aromatic N) is 2. The summed E-state index contributed by atoms with van der Waals surface area (Å²) >= 11 is 0. The van der Waals surface area contributed by atoms with Crippen LogP contribution in [0.3, 0.4) is 0 Å². The molecule has 0 amide bonds. The predicted octanol–water partition coefficient (Wildman–Crippen LogP) is 2.78. The fourth-order valence-electron chi connectivity index (χ4n) is 2.27. The molecule has 1 aromatic heterocycles. The van der Waals surface area contributed by atoms with Crippen LogP contribution in [0.2, 0.25) is 0 Å². The first-order chi connectivity index (χ1) is 10.5. The van der Waals surface area contributed by atoms with Crippen molar-refractivity contribution in [2.24, 2.45) is 7.05 Å². The number of methoxy groups -OCH3 is 2. The standard InChI is InChI=1S/C17H20N2O3/c1-12-9-15(19(2)18-12)16(20)7-5-13-6-8-17(22-4)14(10-13)11-21-3/h5-10H,11H2,1-4H3/b7-5+. The van der Waals surface area contributed by atoms with Crippen LogP contribution in [-0.2, 0) is 18.4 Å². The third kappa shape index (κ3) is 3.62. The Balaban J connectivity index is 2.21. The molecule has 0 spiro atoms. The minimum atomic E-state index is -0.0767. The van der Waals surface area contributed by atoms with E-state index in [-0.39, 0.29) is 5.78 Å². The summed E-state index contributed by atoms with van der Waals surface area (Å²) in [6.07, 6.45) is 3.33. The smallest absolute Gasteiger partial charge is 0.203 e. The molecule has 0 saturated heterocycles. The van der Waals surface area contributed by atoms with Crippen molar-refractivity contribution < 1.29 is 14.3 Å². The van der Waals surface area contributed by atoms with Crippen LogP contribution in [-0.4, -0.2) is 29.8 Å². The van der Waals surface area contributed by atoms with E-state index in [1.807, 2.05) is 25.1 Å². The molecule has 116 valence electrons. The number of allylic oxidation sites excluding steroid dienone is 1. The van der Waals surface area contributed by atoms with E-state index in [9.17, 15) is 4.79 Å². The maximum Gasteiger partial charge on any atom is 0.203 e. The zero-order chi connectivity index (χ0) is 16.1.